The van der Waals surface area contributed by atoms with E-state index in [-0.39, 0.29) is 0 Å². The van der Waals surface area contributed by atoms with Crippen molar-refractivity contribution in [2.75, 3.05) is 0 Å². The van der Waals surface area contributed by atoms with Crippen molar-refractivity contribution in [3.63, 3.8) is 0 Å². The molecule has 2 aromatic rings. The minimum Gasteiger partial charge on any atom is -0.306 e. The Kier molecular flexibility index (Phi) is 5.03. The zero-order valence-corrected chi connectivity index (χ0v) is 13.4. The molecule has 0 spiro atoms. The maximum absolute atomic E-state index is 6.02. The van der Waals surface area contributed by atoms with E-state index in [4.69, 9.17) is 11.6 Å². The summed E-state index contributed by atoms with van der Waals surface area (Å²) in [7, 11) is 0. The maximum atomic E-state index is 6.02. The highest BCUT2D eigenvalue weighted by molar-refractivity contribution is 9.10. The molecule has 1 atom stereocenters. The first-order valence-corrected chi connectivity index (χ1v) is 7.47. The van der Waals surface area contributed by atoms with E-state index in [2.05, 4.69) is 59.4 Å². The van der Waals surface area contributed by atoms with E-state index in [9.17, 15) is 0 Å². The number of hydrogen-bond donors (Lipinski definition) is 1. The number of nitrogens with one attached hydrogen (secondary N) is 1. The Bertz CT molecular complexity index is 551. The summed E-state index contributed by atoms with van der Waals surface area (Å²) in [6.45, 7) is 5.06. The first kappa shape index (κ1) is 14.6. The summed E-state index contributed by atoms with van der Waals surface area (Å²) in [6, 6.07) is 14.8. The number of aryl methyl sites for hydroxylation is 1. The second-order valence-electron chi connectivity index (χ2n) is 4.75. The molecular weight excluding hydrogens is 322 g/mol. The third kappa shape index (κ3) is 4.07. The summed E-state index contributed by atoms with van der Waals surface area (Å²) in [6.07, 6.45) is 0. The molecule has 0 aliphatic carbocycles. The van der Waals surface area contributed by atoms with Gasteiger partial charge in [0.1, 0.15) is 0 Å². The molecule has 0 amide bonds. The van der Waals surface area contributed by atoms with Gasteiger partial charge in [-0.2, -0.15) is 0 Å². The Hall–Kier alpha value is -0.830. The molecule has 1 nitrogen and oxygen atoms in total. The van der Waals surface area contributed by atoms with Crippen LogP contribution in [0.25, 0.3) is 0 Å². The Morgan fingerprint density at radius 2 is 1.84 bits per heavy atom. The highest BCUT2D eigenvalue weighted by atomic mass is 79.9. The van der Waals surface area contributed by atoms with Crippen LogP contribution in [0.15, 0.2) is 46.9 Å². The number of rotatable bonds is 4. The van der Waals surface area contributed by atoms with Crippen LogP contribution in [0.1, 0.15) is 29.7 Å². The van der Waals surface area contributed by atoms with E-state index in [1.807, 2.05) is 18.2 Å². The molecule has 2 rings (SSSR count). The summed E-state index contributed by atoms with van der Waals surface area (Å²) in [4.78, 5) is 0. The molecule has 100 valence electrons. The maximum Gasteiger partial charge on any atom is 0.0410 e. The van der Waals surface area contributed by atoms with Gasteiger partial charge < -0.3 is 5.32 Å². The third-order valence-electron chi connectivity index (χ3n) is 3.18. The molecular formula is C16H17BrClN. The molecule has 2 aromatic carbocycles. The lowest BCUT2D eigenvalue weighted by atomic mass is 10.1. The van der Waals surface area contributed by atoms with Gasteiger partial charge in [-0.1, -0.05) is 57.4 Å². The van der Waals surface area contributed by atoms with Crippen molar-refractivity contribution in [1.82, 2.24) is 5.32 Å². The Morgan fingerprint density at radius 1 is 1.16 bits per heavy atom. The lowest BCUT2D eigenvalue weighted by molar-refractivity contribution is 0.573. The van der Waals surface area contributed by atoms with E-state index >= 15 is 0 Å². The van der Waals surface area contributed by atoms with Crippen LogP contribution < -0.4 is 5.32 Å². The van der Waals surface area contributed by atoms with Crippen LogP contribution in [-0.4, -0.2) is 0 Å². The van der Waals surface area contributed by atoms with Crippen molar-refractivity contribution < 1.29 is 0 Å². The van der Waals surface area contributed by atoms with E-state index in [1.165, 1.54) is 16.7 Å². The number of halogens is 2. The Labute approximate surface area is 128 Å². The highest BCUT2D eigenvalue weighted by Crippen LogP contribution is 2.22. The van der Waals surface area contributed by atoms with Crippen LogP contribution in [0.4, 0.5) is 0 Å². The van der Waals surface area contributed by atoms with Crippen molar-refractivity contribution in [3.05, 3.63) is 68.7 Å². The molecule has 0 radical (unpaired) electrons. The van der Waals surface area contributed by atoms with E-state index in [0.717, 1.165) is 16.0 Å². The summed E-state index contributed by atoms with van der Waals surface area (Å²) < 4.78 is 1.08. The molecule has 0 saturated carbocycles. The predicted molar refractivity (Wildman–Crippen MR) is 85.6 cm³/mol. The monoisotopic (exact) mass is 337 g/mol. The van der Waals surface area contributed by atoms with Crippen molar-refractivity contribution >= 4 is 27.5 Å². The van der Waals surface area contributed by atoms with Gasteiger partial charge in [0.05, 0.1) is 0 Å². The molecule has 3 heteroatoms. The smallest absolute Gasteiger partial charge is 0.0410 e. The van der Waals surface area contributed by atoms with Gasteiger partial charge in [0.15, 0.2) is 0 Å². The fourth-order valence-corrected chi connectivity index (χ4v) is 2.50. The van der Waals surface area contributed by atoms with Crippen LogP contribution in [0.3, 0.4) is 0 Å². The largest absolute Gasteiger partial charge is 0.306 e. The van der Waals surface area contributed by atoms with Gasteiger partial charge >= 0.3 is 0 Å². The normalized spacial score (nSPS) is 12.4. The van der Waals surface area contributed by atoms with Gasteiger partial charge in [-0.25, -0.2) is 0 Å². The summed E-state index contributed by atoms with van der Waals surface area (Å²) in [5.41, 5.74) is 3.75. The lowest BCUT2D eigenvalue weighted by Crippen LogP contribution is -2.18. The molecule has 0 aromatic heterocycles. The SMILES string of the molecule is Cc1ccc([C@H](C)NCc2cc(Cl)ccc2Br)cc1. The first-order chi connectivity index (χ1) is 9.06. The molecule has 0 fully saturated rings. The second kappa shape index (κ2) is 6.56. The van der Waals surface area contributed by atoms with Gasteiger partial charge in [-0.15, -0.1) is 0 Å². The van der Waals surface area contributed by atoms with Crippen molar-refractivity contribution in [3.8, 4) is 0 Å². The van der Waals surface area contributed by atoms with Crippen LogP contribution in [0.2, 0.25) is 5.02 Å². The minimum absolute atomic E-state index is 0.312. The topological polar surface area (TPSA) is 12.0 Å². The average molecular weight is 339 g/mol. The van der Waals surface area contributed by atoms with Gasteiger partial charge in [-0.3, -0.25) is 0 Å². The number of hydrogen-bond acceptors (Lipinski definition) is 1. The highest BCUT2D eigenvalue weighted by Gasteiger charge is 2.06. The third-order valence-corrected chi connectivity index (χ3v) is 4.19. The standard InChI is InChI=1S/C16H17BrClN/c1-11-3-5-13(6-4-11)12(2)19-10-14-9-15(18)7-8-16(14)17/h3-9,12,19H,10H2,1-2H3/t12-/m0/s1. The Balaban J connectivity index is 2.02. The summed E-state index contributed by atoms with van der Waals surface area (Å²) >= 11 is 9.57. The van der Waals surface area contributed by atoms with Crippen molar-refractivity contribution in [2.45, 2.75) is 26.4 Å². The molecule has 0 aliphatic rings. The quantitative estimate of drug-likeness (QED) is 0.801. The second-order valence-corrected chi connectivity index (χ2v) is 6.04. The van der Waals surface area contributed by atoms with E-state index in [1.54, 1.807) is 0 Å². The molecule has 1 N–H and O–H groups in total. The zero-order chi connectivity index (χ0) is 13.8. The van der Waals surface area contributed by atoms with Gasteiger partial charge in [0, 0.05) is 22.1 Å². The molecule has 0 saturated heterocycles. The fourth-order valence-electron chi connectivity index (χ4n) is 1.91. The predicted octanol–water partition coefficient (Wildman–Crippen LogP) is 5.26. The van der Waals surface area contributed by atoms with Gasteiger partial charge in [-0.05, 0) is 43.2 Å². The van der Waals surface area contributed by atoms with Gasteiger partial charge in [0.25, 0.3) is 0 Å². The van der Waals surface area contributed by atoms with Crippen LogP contribution in [-0.2, 0) is 6.54 Å². The van der Waals surface area contributed by atoms with E-state index < -0.39 is 0 Å². The lowest BCUT2D eigenvalue weighted by Gasteiger charge is -2.15. The molecule has 19 heavy (non-hydrogen) atoms. The van der Waals surface area contributed by atoms with Crippen LogP contribution in [0, 0.1) is 6.92 Å². The molecule has 0 heterocycles. The first-order valence-electron chi connectivity index (χ1n) is 6.30. The Morgan fingerprint density at radius 3 is 2.53 bits per heavy atom. The fraction of sp³-hybridized carbons (Fsp3) is 0.250. The number of benzene rings is 2. The minimum atomic E-state index is 0.312. The zero-order valence-electron chi connectivity index (χ0n) is 11.1. The van der Waals surface area contributed by atoms with Crippen molar-refractivity contribution in [2.24, 2.45) is 0 Å². The van der Waals surface area contributed by atoms with Gasteiger partial charge in [0.2, 0.25) is 0 Å². The van der Waals surface area contributed by atoms with E-state index in [0.29, 0.717) is 6.04 Å². The van der Waals surface area contributed by atoms with Crippen LogP contribution >= 0.6 is 27.5 Å². The molecule has 0 unspecified atom stereocenters. The average Bonchev–Trinajstić information content (AvgIpc) is 2.40. The molecule has 0 bridgehead atoms. The van der Waals surface area contributed by atoms with Crippen LogP contribution in [0.5, 0.6) is 0 Å². The summed E-state index contributed by atoms with van der Waals surface area (Å²) in [5.74, 6) is 0. The summed E-state index contributed by atoms with van der Waals surface area (Å²) in [5, 5.41) is 4.28. The van der Waals surface area contributed by atoms with Crippen molar-refractivity contribution in [1.29, 1.82) is 0 Å². The molecule has 0 aliphatic heterocycles.